The quantitative estimate of drug-likeness (QED) is 0.471. The molecule has 1 saturated carbocycles. The minimum atomic E-state index is 0.119. The van der Waals surface area contributed by atoms with Crippen molar-refractivity contribution < 1.29 is 9.53 Å². The van der Waals surface area contributed by atoms with Crippen molar-refractivity contribution in [2.45, 2.75) is 19.4 Å². The van der Waals surface area contributed by atoms with E-state index >= 15 is 0 Å². The first kappa shape index (κ1) is 18.9. The van der Waals surface area contributed by atoms with Gasteiger partial charge in [-0.05, 0) is 36.6 Å². The fourth-order valence-corrected chi connectivity index (χ4v) is 3.14. The van der Waals surface area contributed by atoms with Gasteiger partial charge in [-0.3, -0.25) is 4.79 Å². The lowest BCUT2D eigenvalue weighted by molar-refractivity contribution is -0.122. The standard InChI is InChI=1S/C21H20N8O2/c1-31-18-8-7-15(11-22-18)25-21-24-12-17-19(26-21)29(28-27-17)16-4-2-3-13(9-16)10-23-20(30)14-5-6-14/h2-4,7-9,11-12,14H,5-6,10H2,1H3,(H,23,30)(H,24,25,26). The molecule has 1 amide bonds. The zero-order chi connectivity index (χ0) is 21.2. The monoisotopic (exact) mass is 416 g/mol. The number of amides is 1. The van der Waals surface area contributed by atoms with E-state index in [-0.39, 0.29) is 11.8 Å². The van der Waals surface area contributed by atoms with Gasteiger partial charge in [0.2, 0.25) is 17.7 Å². The third-order valence-corrected chi connectivity index (χ3v) is 4.96. The molecule has 0 unspecified atom stereocenters. The zero-order valence-electron chi connectivity index (χ0n) is 16.8. The number of nitrogens with one attached hydrogen (secondary N) is 2. The topological polar surface area (TPSA) is 120 Å². The number of methoxy groups -OCH3 is 1. The second kappa shape index (κ2) is 7.98. The Bertz CT molecular complexity index is 1230. The van der Waals surface area contributed by atoms with Crippen LogP contribution in [-0.2, 0) is 11.3 Å². The Labute approximate surface area is 177 Å². The molecule has 3 heterocycles. The van der Waals surface area contributed by atoms with Crippen LogP contribution in [0.5, 0.6) is 5.88 Å². The van der Waals surface area contributed by atoms with Crippen molar-refractivity contribution in [2.24, 2.45) is 5.92 Å². The molecule has 0 aliphatic heterocycles. The number of carbonyl (C=O) groups is 1. The van der Waals surface area contributed by atoms with E-state index in [0.717, 1.165) is 29.8 Å². The van der Waals surface area contributed by atoms with Gasteiger partial charge >= 0.3 is 0 Å². The summed E-state index contributed by atoms with van der Waals surface area (Å²) in [6.07, 6.45) is 5.23. The number of hydrogen-bond donors (Lipinski definition) is 2. The van der Waals surface area contributed by atoms with Crippen LogP contribution in [0.2, 0.25) is 0 Å². The van der Waals surface area contributed by atoms with E-state index in [1.165, 1.54) is 0 Å². The van der Waals surface area contributed by atoms with Crippen molar-refractivity contribution in [1.82, 2.24) is 35.3 Å². The highest BCUT2D eigenvalue weighted by Gasteiger charge is 2.29. The first-order valence-corrected chi connectivity index (χ1v) is 9.92. The number of pyridine rings is 1. The number of ether oxygens (including phenoxy) is 1. The van der Waals surface area contributed by atoms with Crippen molar-refractivity contribution >= 4 is 28.7 Å². The molecule has 3 aromatic heterocycles. The Morgan fingerprint density at radius 1 is 1.19 bits per heavy atom. The number of benzene rings is 1. The molecule has 0 spiro atoms. The molecule has 1 aromatic carbocycles. The lowest BCUT2D eigenvalue weighted by atomic mass is 10.2. The average Bonchev–Trinajstić information content (AvgIpc) is 3.58. The summed E-state index contributed by atoms with van der Waals surface area (Å²) in [6.45, 7) is 0.474. The molecule has 1 aliphatic rings. The average molecular weight is 416 g/mol. The first-order valence-electron chi connectivity index (χ1n) is 9.92. The van der Waals surface area contributed by atoms with Crippen molar-refractivity contribution in [3.8, 4) is 11.6 Å². The summed E-state index contributed by atoms with van der Waals surface area (Å²) >= 11 is 0. The highest BCUT2D eigenvalue weighted by atomic mass is 16.5. The molecule has 31 heavy (non-hydrogen) atoms. The summed E-state index contributed by atoms with van der Waals surface area (Å²) in [6, 6.07) is 11.3. The lowest BCUT2D eigenvalue weighted by Crippen LogP contribution is -2.24. The van der Waals surface area contributed by atoms with E-state index in [0.29, 0.717) is 29.5 Å². The van der Waals surface area contributed by atoms with Crippen molar-refractivity contribution in [1.29, 1.82) is 0 Å². The molecule has 156 valence electrons. The summed E-state index contributed by atoms with van der Waals surface area (Å²) in [7, 11) is 1.57. The van der Waals surface area contributed by atoms with E-state index in [9.17, 15) is 4.79 Å². The maximum absolute atomic E-state index is 11.9. The van der Waals surface area contributed by atoms with Gasteiger partial charge in [0.25, 0.3) is 0 Å². The van der Waals surface area contributed by atoms with Crippen LogP contribution < -0.4 is 15.4 Å². The van der Waals surface area contributed by atoms with Gasteiger partial charge in [-0.2, -0.15) is 9.67 Å². The van der Waals surface area contributed by atoms with Gasteiger partial charge in [0.15, 0.2) is 11.2 Å². The number of anilines is 2. The molecule has 1 fully saturated rings. The van der Waals surface area contributed by atoms with Crippen molar-refractivity contribution in [3.05, 3.63) is 54.4 Å². The van der Waals surface area contributed by atoms with Crippen molar-refractivity contribution in [3.63, 3.8) is 0 Å². The summed E-state index contributed by atoms with van der Waals surface area (Å²) in [5.74, 6) is 1.23. The molecule has 10 heteroatoms. The van der Waals surface area contributed by atoms with E-state index in [2.05, 4.69) is 35.9 Å². The second-order valence-electron chi connectivity index (χ2n) is 7.28. The number of aromatic nitrogens is 6. The predicted molar refractivity (Wildman–Crippen MR) is 113 cm³/mol. The largest absolute Gasteiger partial charge is 0.481 e. The van der Waals surface area contributed by atoms with Crippen LogP contribution in [0, 0.1) is 5.92 Å². The molecule has 0 saturated heterocycles. The molecular weight excluding hydrogens is 396 g/mol. The predicted octanol–water partition coefficient (Wildman–Crippen LogP) is 2.38. The van der Waals surface area contributed by atoms with Gasteiger partial charge in [0.1, 0.15) is 0 Å². The summed E-state index contributed by atoms with van der Waals surface area (Å²) < 4.78 is 6.73. The molecular formula is C21H20N8O2. The van der Waals surface area contributed by atoms with Gasteiger partial charge in [-0.25, -0.2) is 9.97 Å². The highest BCUT2D eigenvalue weighted by molar-refractivity contribution is 5.80. The minimum Gasteiger partial charge on any atom is -0.481 e. The van der Waals surface area contributed by atoms with Crippen molar-refractivity contribution in [2.75, 3.05) is 12.4 Å². The van der Waals surface area contributed by atoms with Crippen LogP contribution >= 0.6 is 0 Å². The van der Waals surface area contributed by atoms with E-state index in [4.69, 9.17) is 4.74 Å². The number of fused-ring (bicyclic) bond motifs is 1. The number of hydrogen-bond acceptors (Lipinski definition) is 8. The molecule has 10 nitrogen and oxygen atoms in total. The molecule has 0 bridgehead atoms. The second-order valence-corrected chi connectivity index (χ2v) is 7.28. The Balaban J connectivity index is 1.38. The molecule has 0 atom stereocenters. The highest BCUT2D eigenvalue weighted by Crippen LogP contribution is 2.28. The third kappa shape index (κ3) is 4.13. The minimum absolute atomic E-state index is 0.119. The normalized spacial score (nSPS) is 13.2. The SMILES string of the molecule is COc1ccc(Nc2ncc3nnn(-c4cccc(CNC(=O)C5CC5)c4)c3n2)cn1. The van der Waals surface area contributed by atoms with Gasteiger partial charge in [-0.1, -0.05) is 17.3 Å². The van der Waals surface area contributed by atoms with Crippen LogP contribution in [0.3, 0.4) is 0 Å². The van der Waals surface area contributed by atoms with E-state index < -0.39 is 0 Å². The Kier molecular flexibility index (Phi) is 4.87. The first-order chi connectivity index (χ1) is 15.2. The molecule has 1 aliphatic carbocycles. The molecule has 2 N–H and O–H groups in total. The molecule has 0 radical (unpaired) electrons. The Morgan fingerprint density at radius 2 is 2.10 bits per heavy atom. The van der Waals surface area contributed by atoms with Gasteiger partial charge in [-0.15, -0.1) is 5.10 Å². The lowest BCUT2D eigenvalue weighted by Gasteiger charge is -2.08. The van der Waals surface area contributed by atoms with E-state index in [1.54, 1.807) is 30.3 Å². The van der Waals surface area contributed by atoms with Gasteiger partial charge in [0.05, 0.1) is 30.9 Å². The van der Waals surface area contributed by atoms with Crippen LogP contribution in [-0.4, -0.2) is 43.0 Å². The Morgan fingerprint density at radius 3 is 2.87 bits per heavy atom. The molecule has 4 aromatic rings. The van der Waals surface area contributed by atoms with E-state index in [1.807, 2.05) is 30.3 Å². The zero-order valence-corrected chi connectivity index (χ0v) is 16.8. The Hall–Kier alpha value is -4.08. The summed E-state index contributed by atoms with van der Waals surface area (Å²) in [5.41, 5.74) is 3.65. The van der Waals surface area contributed by atoms with Gasteiger partial charge in [0, 0.05) is 18.5 Å². The van der Waals surface area contributed by atoms with Crippen LogP contribution in [0.4, 0.5) is 11.6 Å². The van der Waals surface area contributed by atoms with Crippen LogP contribution in [0.15, 0.2) is 48.8 Å². The maximum atomic E-state index is 11.9. The molecule has 5 rings (SSSR count). The number of rotatable bonds is 7. The van der Waals surface area contributed by atoms with Gasteiger partial charge < -0.3 is 15.4 Å². The smallest absolute Gasteiger partial charge is 0.229 e. The fourth-order valence-electron chi connectivity index (χ4n) is 3.14. The number of nitrogens with zero attached hydrogens (tertiary/aromatic N) is 6. The fraction of sp³-hybridized carbons (Fsp3) is 0.238. The maximum Gasteiger partial charge on any atom is 0.229 e. The third-order valence-electron chi connectivity index (χ3n) is 4.96. The summed E-state index contributed by atoms with van der Waals surface area (Å²) in [4.78, 5) is 24.9. The van der Waals surface area contributed by atoms with Crippen LogP contribution in [0.1, 0.15) is 18.4 Å². The summed E-state index contributed by atoms with van der Waals surface area (Å²) in [5, 5.41) is 14.5. The van der Waals surface area contributed by atoms with Crippen LogP contribution in [0.25, 0.3) is 16.9 Å². The number of carbonyl (C=O) groups excluding carboxylic acids is 1.